The van der Waals surface area contributed by atoms with Crippen molar-refractivity contribution in [2.24, 2.45) is 0 Å². The Morgan fingerprint density at radius 3 is 2.34 bits per heavy atom. The van der Waals surface area contributed by atoms with E-state index in [4.69, 9.17) is 9.47 Å². The molecule has 148 valence electrons. The van der Waals surface area contributed by atoms with E-state index < -0.39 is 6.36 Å². The van der Waals surface area contributed by atoms with Crippen LogP contribution in [0.4, 0.5) is 13.2 Å². The van der Waals surface area contributed by atoms with Gasteiger partial charge < -0.3 is 18.6 Å². The van der Waals surface area contributed by atoms with Gasteiger partial charge in [0.05, 0.1) is 12.8 Å². The Morgan fingerprint density at radius 2 is 1.66 bits per heavy atom. The number of benzene rings is 2. The Labute approximate surface area is 163 Å². The van der Waals surface area contributed by atoms with Crippen LogP contribution in [0.1, 0.15) is 0 Å². The number of methoxy groups -OCH3 is 1. The van der Waals surface area contributed by atoms with E-state index in [1.54, 1.807) is 12.1 Å². The summed E-state index contributed by atoms with van der Waals surface area (Å²) in [6.45, 7) is 0. The molecule has 5 nitrogen and oxygen atoms in total. The summed E-state index contributed by atoms with van der Waals surface area (Å²) in [5.74, 6) is 0.914. The van der Waals surface area contributed by atoms with Gasteiger partial charge in [-0.25, -0.2) is 4.98 Å². The van der Waals surface area contributed by atoms with Crippen molar-refractivity contribution in [1.82, 2.24) is 9.38 Å². The van der Waals surface area contributed by atoms with E-state index in [1.807, 2.05) is 41.1 Å². The van der Waals surface area contributed by atoms with Gasteiger partial charge in [-0.1, -0.05) is 6.07 Å². The molecular formula is C21H15F3N2O3. The molecule has 0 bridgehead atoms. The average molecular weight is 400 g/mol. The molecule has 4 aromatic rings. The zero-order chi connectivity index (χ0) is 20.4. The third-order valence-electron chi connectivity index (χ3n) is 4.11. The van der Waals surface area contributed by atoms with Crippen LogP contribution in [-0.4, -0.2) is 22.9 Å². The average Bonchev–Trinajstić information content (AvgIpc) is 3.13. The second kappa shape index (κ2) is 7.38. The molecule has 8 heteroatoms. The van der Waals surface area contributed by atoms with E-state index in [0.29, 0.717) is 17.2 Å². The van der Waals surface area contributed by atoms with Gasteiger partial charge in [0.1, 0.15) is 17.1 Å². The molecule has 0 radical (unpaired) electrons. The Balaban J connectivity index is 1.57. The number of nitrogens with zero attached hydrogens (tertiary/aromatic N) is 2. The van der Waals surface area contributed by atoms with Gasteiger partial charge in [0.25, 0.3) is 0 Å². The fourth-order valence-electron chi connectivity index (χ4n) is 2.82. The first-order valence-corrected chi connectivity index (χ1v) is 8.57. The SMILES string of the molecule is COc1cc(-c2cn3ccccc3n2)ccc1Oc1ccc(OC(F)(F)F)cc1. The van der Waals surface area contributed by atoms with E-state index in [1.165, 1.54) is 31.4 Å². The predicted octanol–water partition coefficient (Wildman–Crippen LogP) is 5.70. The summed E-state index contributed by atoms with van der Waals surface area (Å²) in [5.41, 5.74) is 2.43. The van der Waals surface area contributed by atoms with Crippen LogP contribution in [0.25, 0.3) is 16.9 Å². The Hall–Kier alpha value is -3.68. The monoisotopic (exact) mass is 400 g/mol. The molecule has 0 aliphatic rings. The number of rotatable bonds is 5. The molecule has 0 fully saturated rings. The van der Waals surface area contributed by atoms with Crippen LogP contribution in [0, 0.1) is 0 Å². The van der Waals surface area contributed by atoms with Crippen LogP contribution in [0.2, 0.25) is 0 Å². The van der Waals surface area contributed by atoms with Crippen molar-refractivity contribution in [2.45, 2.75) is 6.36 Å². The number of aromatic nitrogens is 2. The van der Waals surface area contributed by atoms with Crippen LogP contribution >= 0.6 is 0 Å². The van der Waals surface area contributed by atoms with Crippen molar-refractivity contribution in [1.29, 1.82) is 0 Å². The Morgan fingerprint density at radius 1 is 0.897 bits per heavy atom. The smallest absolute Gasteiger partial charge is 0.493 e. The molecule has 2 aromatic heterocycles. The number of ether oxygens (including phenoxy) is 3. The van der Waals surface area contributed by atoms with Crippen molar-refractivity contribution >= 4 is 5.65 Å². The number of alkyl halides is 3. The number of halogens is 3. The van der Waals surface area contributed by atoms with Gasteiger partial charge in [-0.3, -0.25) is 0 Å². The molecule has 0 N–H and O–H groups in total. The minimum atomic E-state index is -4.74. The predicted molar refractivity (Wildman–Crippen MR) is 100 cm³/mol. The first-order valence-electron chi connectivity index (χ1n) is 8.57. The second-order valence-corrected chi connectivity index (χ2v) is 6.08. The highest BCUT2D eigenvalue weighted by molar-refractivity contribution is 5.66. The summed E-state index contributed by atoms with van der Waals surface area (Å²) in [7, 11) is 1.51. The van der Waals surface area contributed by atoms with Crippen molar-refractivity contribution < 1.29 is 27.4 Å². The molecule has 29 heavy (non-hydrogen) atoms. The maximum Gasteiger partial charge on any atom is 0.573 e. The molecule has 2 heterocycles. The third kappa shape index (κ3) is 4.26. The highest BCUT2D eigenvalue weighted by atomic mass is 19.4. The van der Waals surface area contributed by atoms with Crippen molar-refractivity contribution in [3.05, 3.63) is 73.1 Å². The fraction of sp³-hybridized carbons (Fsp3) is 0.0952. The summed E-state index contributed by atoms with van der Waals surface area (Å²) in [6, 6.07) is 16.2. The minimum absolute atomic E-state index is 0.320. The molecule has 0 saturated heterocycles. The second-order valence-electron chi connectivity index (χ2n) is 6.08. The van der Waals surface area contributed by atoms with Gasteiger partial charge in [0.15, 0.2) is 11.5 Å². The van der Waals surface area contributed by atoms with Crippen LogP contribution in [-0.2, 0) is 0 Å². The summed E-state index contributed by atoms with van der Waals surface area (Å²) in [5, 5.41) is 0. The molecule has 0 aliphatic heterocycles. The highest BCUT2D eigenvalue weighted by Gasteiger charge is 2.31. The van der Waals surface area contributed by atoms with Crippen molar-refractivity contribution in [3.8, 4) is 34.3 Å². The molecule has 0 unspecified atom stereocenters. The summed E-state index contributed by atoms with van der Waals surface area (Å²) in [4.78, 5) is 4.57. The van der Waals surface area contributed by atoms with Crippen LogP contribution < -0.4 is 14.2 Å². The van der Waals surface area contributed by atoms with Gasteiger partial charge in [-0.15, -0.1) is 13.2 Å². The van der Waals surface area contributed by atoms with E-state index in [0.717, 1.165) is 16.9 Å². The van der Waals surface area contributed by atoms with E-state index >= 15 is 0 Å². The lowest BCUT2D eigenvalue weighted by Gasteiger charge is -2.12. The molecular weight excluding hydrogens is 385 g/mol. The molecule has 0 aliphatic carbocycles. The topological polar surface area (TPSA) is 45.0 Å². The molecule has 0 atom stereocenters. The standard InChI is InChI=1S/C21H15F3N2O3/c1-27-19-12-14(17-13-26-11-3-2-4-20(26)25-17)5-10-18(19)28-15-6-8-16(9-7-15)29-21(22,23)24/h2-13H,1H3. The van der Waals surface area contributed by atoms with Crippen LogP contribution in [0.3, 0.4) is 0 Å². The molecule has 4 rings (SSSR count). The van der Waals surface area contributed by atoms with Gasteiger partial charge in [0, 0.05) is 18.0 Å². The lowest BCUT2D eigenvalue weighted by molar-refractivity contribution is -0.274. The summed E-state index contributed by atoms with van der Waals surface area (Å²) in [6.07, 6.45) is -0.921. The van der Waals surface area contributed by atoms with Gasteiger partial charge in [-0.05, 0) is 54.6 Å². The van der Waals surface area contributed by atoms with Crippen LogP contribution in [0.15, 0.2) is 73.1 Å². The zero-order valence-corrected chi connectivity index (χ0v) is 15.2. The minimum Gasteiger partial charge on any atom is -0.493 e. The zero-order valence-electron chi connectivity index (χ0n) is 15.2. The molecule has 0 amide bonds. The van der Waals surface area contributed by atoms with Crippen molar-refractivity contribution in [3.63, 3.8) is 0 Å². The normalized spacial score (nSPS) is 11.4. The lowest BCUT2D eigenvalue weighted by atomic mass is 10.1. The quantitative estimate of drug-likeness (QED) is 0.431. The maximum atomic E-state index is 12.3. The summed E-state index contributed by atoms with van der Waals surface area (Å²) < 4.78 is 53.7. The van der Waals surface area contributed by atoms with Crippen LogP contribution in [0.5, 0.6) is 23.0 Å². The number of hydrogen-bond donors (Lipinski definition) is 0. The van der Waals surface area contributed by atoms with E-state index in [2.05, 4.69) is 9.72 Å². The highest BCUT2D eigenvalue weighted by Crippen LogP contribution is 2.36. The third-order valence-corrected chi connectivity index (χ3v) is 4.11. The maximum absolute atomic E-state index is 12.3. The number of imidazole rings is 1. The van der Waals surface area contributed by atoms with Gasteiger partial charge >= 0.3 is 6.36 Å². The first-order chi connectivity index (χ1) is 13.9. The summed E-state index contributed by atoms with van der Waals surface area (Å²) >= 11 is 0. The number of pyridine rings is 1. The first kappa shape index (κ1) is 18.7. The Kier molecular flexibility index (Phi) is 4.75. The number of hydrogen-bond acceptors (Lipinski definition) is 4. The van der Waals surface area contributed by atoms with E-state index in [9.17, 15) is 13.2 Å². The van der Waals surface area contributed by atoms with Crippen molar-refractivity contribution in [2.75, 3.05) is 7.11 Å². The van der Waals surface area contributed by atoms with Gasteiger partial charge in [-0.2, -0.15) is 0 Å². The molecule has 2 aromatic carbocycles. The van der Waals surface area contributed by atoms with E-state index in [-0.39, 0.29) is 5.75 Å². The largest absolute Gasteiger partial charge is 0.573 e. The van der Waals surface area contributed by atoms with Gasteiger partial charge in [0.2, 0.25) is 0 Å². The molecule has 0 spiro atoms. The number of fused-ring (bicyclic) bond motifs is 1. The Bertz CT molecular complexity index is 1110. The lowest BCUT2D eigenvalue weighted by Crippen LogP contribution is -2.16. The fourth-order valence-corrected chi connectivity index (χ4v) is 2.82. The molecule has 0 saturated carbocycles.